The highest BCUT2D eigenvalue weighted by Crippen LogP contribution is 2.26. The van der Waals surface area contributed by atoms with Crippen LogP contribution in [0.1, 0.15) is 22.3 Å². The van der Waals surface area contributed by atoms with Crippen molar-refractivity contribution >= 4 is 11.6 Å². The van der Waals surface area contributed by atoms with Gasteiger partial charge in [-0.15, -0.1) is 0 Å². The number of phenols is 1. The van der Waals surface area contributed by atoms with Crippen LogP contribution in [0, 0.1) is 20.8 Å². The highest BCUT2D eigenvalue weighted by Gasteiger charge is 2.09. The fourth-order valence-electron chi connectivity index (χ4n) is 2.03. The van der Waals surface area contributed by atoms with E-state index in [-0.39, 0.29) is 11.7 Å². The summed E-state index contributed by atoms with van der Waals surface area (Å²) in [5, 5.41) is 12.5. The number of carbonyl (C=O) groups excluding carboxylic acids is 1. The average molecular weight is 269 g/mol. The number of rotatable bonds is 3. The smallest absolute Gasteiger partial charge is 0.228 e. The summed E-state index contributed by atoms with van der Waals surface area (Å²) in [6.07, 6.45) is 0.347. The lowest BCUT2D eigenvalue weighted by molar-refractivity contribution is -0.115. The third-order valence-corrected chi connectivity index (χ3v) is 3.52. The summed E-state index contributed by atoms with van der Waals surface area (Å²) >= 11 is 0. The van der Waals surface area contributed by atoms with Crippen molar-refractivity contribution in [3.8, 4) is 5.75 Å². The molecule has 0 saturated heterocycles. The molecule has 104 valence electrons. The van der Waals surface area contributed by atoms with E-state index >= 15 is 0 Å². The molecule has 0 fully saturated rings. The fraction of sp³-hybridized carbons (Fsp3) is 0.235. The Hall–Kier alpha value is -2.29. The lowest BCUT2D eigenvalue weighted by Gasteiger charge is -2.11. The molecule has 0 aromatic heterocycles. The molecule has 2 aromatic rings. The minimum Gasteiger partial charge on any atom is -0.508 e. The van der Waals surface area contributed by atoms with Crippen molar-refractivity contribution in [1.82, 2.24) is 0 Å². The normalized spacial score (nSPS) is 10.3. The Morgan fingerprint density at radius 2 is 1.65 bits per heavy atom. The number of anilines is 1. The minimum atomic E-state index is -0.0537. The molecule has 0 heterocycles. The summed E-state index contributed by atoms with van der Waals surface area (Å²) in [4.78, 5) is 12.0. The first-order valence-corrected chi connectivity index (χ1v) is 6.62. The number of phenolic OH excluding ortho intramolecular Hbond substituents is 1. The second kappa shape index (κ2) is 5.78. The van der Waals surface area contributed by atoms with E-state index in [0.29, 0.717) is 6.42 Å². The van der Waals surface area contributed by atoms with Crippen LogP contribution in [0.25, 0.3) is 0 Å². The van der Waals surface area contributed by atoms with E-state index in [0.717, 1.165) is 22.4 Å². The zero-order valence-electron chi connectivity index (χ0n) is 12.0. The largest absolute Gasteiger partial charge is 0.508 e. The van der Waals surface area contributed by atoms with Crippen LogP contribution in [-0.4, -0.2) is 11.0 Å². The zero-order chi connectivity index (χ0) is 14.7. The van der Waals surface area contributed by atoms with Gasteiger partial charge in [-0.25, -0.2) is 0 Å². The monoisotopic (exact) mass is 269 g/mol. The van der Waals surface area contributed by atoms with Crippen LogP contribution >= 0.6 is 0 Å². The molecule has 3 nitrogen and oxygen atoms in total. The van der Waals surface area contributed by atoms with Crippen molar-refractivity contribution in [2.75, 3.05) is 5.32 Å². The number of aryl methyl sites for hydroxylation is 1. The van der Waals surface area contributed by atoms with Crippen molar-refractivity contribution in [2.24, 2.45) is 0 Å². The molecule has 0 aliphatic rings. The number of aromatic hydroxyl groups is 1. The first-order valence-electron chi connectivity index (χ1n) is 6.62. The molecule has 0 aliphatic carbocycles. The van der Waals surface area contributed by atoms with Crippen molar-refractivity contribution in [1.29, 1.82) is 0 Å². The van der Waals surface area contributed by atoms with Gasteiger partial charge >= 0.3 is 0 Å². The molecule has 2 rings (SSSR count). The van der Waals surface area contributed by atoms with E-state index in [1.54, 1.807) is 12.1 Å². The van der Waals surface area contributed by atoms with Crippen LogP contribution in [-0.2, 0) is 11.2 Å². The van der Waals surface area contributed by atoms with E-state index in [1.165, 1.54) is 5.56 Å². The molecule has 20 heavy (non-hydrogen) atoms. The first kappa shape index (κ1) is 14.1. The van der Waals surface area contributed by atoms with Gasteiger partial charge in [0.2, 0.25) is 5.91 Å². The van der Waals surface area contributed by atoms with Gasteiger partial charge < -0.3 is 10.4 Å². The van der Waals surface area contributed by atoms with Crippen LogP contribution in [0.15, 0.2) is 36.4 Å². The summed E-state index contributed by atoms with van der Waals surface area (Å²) in [6.45, 7) is 5.74. The van der Waals surface area contributed by atoms with E-state index < -0.39 is 0 Å². The van der Waals surface area contributed by atoms with Gasteiger partial charge in [0.05, 0.1) is 6.42 Å². The van der Waals surface area contributed by atoms with E-state index in [4.69, 9.17) is 0 Å². The van der Waals surface area contributed by atoms with E-state index in [2.05, 4.69) is 5.32 Å². The summed E-state index contributed by atoms with van der Waals surface area (Å²) in [6, 6.07) is 11.2. The molecule has 0 saturated carbocycles. The summed E-state index contributed by atoms with van der Waals surface area (Å²) < 4.78 is 0. The number of hydrogen-bond acceptors (Lipinski definition) is 2. The molecule has 0 spiro atoms. The molecule has 0 unspecified atom stereocenters. The predicted molar refractivity (Wildman–Crippen MR) is 81.1 cm³/mol. The molecule has 0 atom stereocenters. The summed E-state index contributed by atoms with van der Waals surface area (Å²) in [7, 11) is 0. The number of benzene rings is 2. The predicted octanol–water partition coefficient (Wildman–Crippen LogP) is 3.50. The summed E-state index contributed by atoms with van der Waals surface area (Å²) in [5.41, 5.74) is 4.60. The molecule has 0 bridgehead atoms. The lowest BCUT2D eigenvalue weighted by atomic mass is 10.1. The highest BCUT2D eigenvalue weighted by molar-refractivity contribution is 5.93. The molecule has 3 heteroatoms. The third-order valence-electron chi connectivity index (χ3n) is 3.52. The van der Waals surface area contributed by atoms with Gasteiger partial charge in [-0.1, -0.05) is 29.8 Å². The Kier molecular flexibility index (Phi) is 4.08. The molecular weight excluding hydrogens is 250 g/mol. The standard InChI is InChI=1S/C17H19NO2/c1-11-4-6-14(7-5-11)10-17(20)18-15-8-9-16(19)13(3)12(15)2/h4-9,19H,10H2,1-3H3,(H,18,20). The Labute approximate surface area is 119 Å². The van der Waals surface area contributed by atoms with Gasteiger partial charge in [-0.05, 0) is 49.6 Å². The SMILES string of the molecule is Cc1ccc(CC(=O)Nc2ccc(O)c(C)c2C)cc1. The maximum Gasteiger partial charge on any atom is 0.228 e. The Morgan fingerprint density at radius 3 is 2.30 bits per heavy atom. The van der Waals surface area contributed by atoms with E-state index in [9.17, 15) is 9.90 Å². The Bertz CT molecular complexity index is 630. The van der Waals surface area contributed by atoms with Crippen molar-refractivity contribution in [3.63, 3.8) is 0 Å². The van der Waals surface area contributed by atoms with Crippen LogP contribution in [0.5, 0.6) is 5.75 Å². The number of hydrogen-bond donors (Lipinski definition) is 2. The quantitative estimate of drug-likeness (QED) is 0.838. The maximum atomic E-state index is 12.0. The van der Waals surface area contributed by atoms with Crippen LogP contribution in [0.3, 0.4) is 0 Å². The second-order valence-electron chi connectivity index (χ2n) is 5.09. The average Bonchev–Trinajstić information content (AvgIpc) is 2.42. The third kappa shape index (κ3) is 3.18. The van der Waals surface area contributed by atoms with Crippen LogP contribution < -0.4 is 5.32 Å². The van der Waals surface area contributed by atoms with Gasteiger partial charge in [0.25, 0.3) is 0 Å². The van der Waals surface area contributed by atoms with Crippen molar-refractivity contribution in [2.45, 2.75) is 27.2 Å². The maximum absolute atomic E-state index is 12.0. The molecule has 2 N–H and O–H groups in total. The highest BCUT2D eigenvalue weighted by atomic mass is 16.3. The number of nitrogens with one attached hydrogen (secondary N) is 1. The van der Waals surface area contributed by atoms with E-state index in [1.807, 2.05) is 45.0 Å². The topological polar surface area (TPSA) is 49.3 Å². The van der Waals surface area contributed by atoms with Gasteiger partial charge in [0, 0.05) is 5.69 Å². The van der Waals surface area contributed by atoms with Gasteiger partial charge in [-0.2, -0.15) is 0 Å². The molecule has 0 radical (unpaired) electrons. The molecule has 2 aromatic carbocycles. The first-order chi connectivity index (χ1) is 9.47. The van der Waals surface area contributed by atoms with Gasteiger partial charge in [0.15, 0.2) is 0 Å². The summed E-state index contributed by atoms with van der Waals surface area (Å²) in [5.74, 6) is 0.195. The van der Waals surface area contributed by atoms with Crippen molar-refractivity contribution < 1.29 is 9.90 Å². The van der Waals surface area contributed by atoms with Crippen LogP contribution in [0.4, 0.5) is 5.69 Å². The van der Waals surface area contributed by atoms with Gasteiger partial charge in [0.1, 0.15) is 5.75 Å². The number of carbonyl (C=O) groups is 1. The van der Waals surface area contributed by atoms with Gasteiger partial charge in [-0.3, -0.25) is 4.79 Å². The van der Waals surface area contributed by atoms with Crippen molar-refractivity contribution in [3.05, 3.63) is 58.7 Å². The lowest BCUT2D eigenvalue weighted by Crippen LogP contribution is -2.15. The molecule has 1 amide bonds. The molecular formula is C17H19NO2. The Morgan fingerprint density at radius 1 is 1.00 bits per heavy atom. The van der Waals surface area contributed by atoms with Crippen LogP contribution in [0.2, 0.25) is 0 Å². The Balaban J connectivity index is 2.08. The second-order valence-corrected chi connectivity index (χ2v) is 5.09. The number of amides is 1. The minimum absolute atomic E-state index is 0.0537. The zero-order valence-corrected chi connectivity index (χ0v) is 12.0. The molecule has 0 aliphatic heterocycles. The fourth-order valence-corrected chi connectivity index (χ4v) is 2.03.